The van der Waals surface area contributed by atoms with E-state index in [-0.39, 0.29) is 5.41 Å². The lowest BCUT2D eigenvalue weighted by molar-refractivity contribution is 0.194. The second-order valence-electron chi connectivity index (χ2n) is 8.82. The summed E-state index contributed by atoms with van der Waals surface area (Å²) in [5.74, 6) is 0.536. The number of fused-ring (bicyclic) bond motifs is 5. The molecule has 2 nitrogen and oxygen atoms in total. The quantitative estimate of drug-likeness (QED) is 0.445. The van der Waals surface area contributed by atoms with Crippen LogP contribution in [0.1, 0.15) is 51.2 Å². The van der Waals surface area contributed by atoms with Crippen molar-refractivity contribution in [1.29, 1.82) is 0 Å². The molecule has 2 aliphatic heterocycles. The van der Waals surface area contributed by atoms with E-state index in [4.69, 9.17) is 0 Å². The molecule has 0 radical (unpaired) electrons. The summed E-state index contributed by atoms with van der Waals surface area (Å²) in [6.45, 7) is 9.40. The van der Waals surface area contributed by atoms with Crippen molar-refractivity contribution in [2.24, 2.45) is 5.92 Å². The SMILES string of the molecule is CCC1C2N(c3ccccc3C)c3ccccc3N2c2ccccc2C1(CC)CC. The minimum atomic E-state index is 0.190. The molecule has 2 atom stereocenters. The van der Waals surface area contributed by atoms with Gasteiger partial charge in [0.05, 0.1) is 11.4 Å². The molecule has 154 valence electrons. The third-order valence-electron chi connectivity index (χ3n) is 7.78. The van der Waals surface area contributed by atoms with Gasteiger partial charge < -0.3 is 9.80 Å². The molecule has 0 saturated carbocycles. The van der Waals surface area contributed by atoms with E-state index in [1.165, 1.54) is 46.7 Å². The molecule has 2 heteroatoms. The highest BCUT2D eigenvalue weighted by Crippen LogP contribution is 2.60. The zero-order valence-electron chi connectivity index (χ0n) is 18.6. The summed E-state index contributed by atoms with van der Waals surface area (Å²) in [7, 11) is 0. The average molecular weight is 397 g/mol. The first-order valence-corrected chi connectivity index (χ1v) is 11.5. The Balaban J connectivity index is 1.83. The van der Waals surface area contributed by atoms with Crippen molar-refractivity contribution in [2.45, 2.75) is 58.5 Å². The standard InChI is InChI=1S/C28H32N2/c1-5-21-27-29(23-16-10-8-14-20(23)4)25-18-12-13-19-26(25)30(27)24-17-11-9-15-22(24)28(21,6-2)7-3/h8-19,21,27H,5-7H2,1-4H3. The lowest BCUT2D eigenvalue weighted by atomic mass is 9.61. The molecular formula is C28H32N2. The van der Waals surface area contributed by atoms with E-state index in [9.17, 15) is 0 Å². The summed E-state index contributed by atoms with van der Waals surface area (Å²) in [5.41, 5.74) is 8.43. The second-order valence-corrected chi connectivity index (χ2v) is 8.82. The van der Waals surface area contributed by atoms with Gasteiger partial charge in [0.15, 0.2) is 0 Å². The van der Waals surface area contributed by atoms with Crippen LogP contribution in [0.15, 0.2) is 72.8 Å². The molecule has 2 aliphatic rings. The summed E-state index contributed by atoms with van der Waals surface area (Å²) < 4.78 is 0. The van der Waals surface area contributed by atoms with Gasteiger partial charge in [-0.1, -0.05) is 69.3 Å². The summed E-state index contributed by atoms with van der Waals surface area (Å²) in [5, 5.41) is 0. The molecule has 0 aliphatic carbocycles. The summed E-state index contributed by atoms with van der Waals surface area (Å²) in [6.07, 6.45) is 3.79. The molecule has 0 aromatic heterocycles. The predicted octanol–water partition coefficient (Wildman–Crippen LogP) is 7.71. The van der Waals surface area contributed by atoms with Gasteiger partial charge in [-0.3, -0.25) is 0 Å². The molecule has 3 aromatic carbocycles. The summed E-state index contributed by atoms with van der Waals surface area (Å²) in [4.78, 5) is 5.27. The van der Waals surface area contributed by atoms with E-state index in [0.717, 1.165) is 6.42 Å². The molecule has 3 aromatic rings. The van der Waals surface area contributed by atoms with Gasteiger partial charge in [-0.25, -0.2) is 0 Å². The Kier molecular flexibility index (Phi) is 4.61. The van der Waals surface area contributed by atoms with Crippen LogP contribution in [0.3, 0.4) is 0 Å². The van der Waals surface area contributed by atoms with E-state index < -0.39 is 0 Å². The highest BCUT2D eigenvalue weighted by Gasteiger charge is 2.54. The second kappa shape index (κ2) is 7.19. The summed E-state index contributed by atoms with van der Waals surface area (Å²) in [6, 6.07) is 27.0. The van der Waals surface area contributed by atoms with Crippen LogP contribution in [0, 0.1) is 12.8 Å². The van der Waals surface area contributed by atoms with Crippen molar-refractivity contribution >= 4 is 22.7 Å². The van der Waals surface area contributed by atoms with Crippen LogP contribution >= 0.6 is 0 Å². The van der Waals surface area contributed by atoms with Gasteiger partial charge in [0.2, 0.25) is 0 Å². The fourth-order valence-electron chi connectivity index (χ4n) is 6.36. The number of hydrogen-bond donors (Lipinski definition) is 0. The van der Waals surface area contributed by atoms with Crippen LogP contribution in [-0.4, -0.2) is 6.17 Å². The van der Waals surface area contributed by atoms with Gasteiger partial charge in [-0.05, 0) is 61.6 Å². The molecule has 0 saturated heterocycles. The largest absolute Gasteiger partial charge is 0.318 e. The van der Waals surface area contributed by atoms with Crippen molar-refractivity contribution in [2.75, 3.05) is 9.80 Å². The molecule has 0 bridgehead atoms. The number of hydrogen-bond acceptors (Lipinski definition) is 2. The Labute approximate surface area is 181 Å². The minimum absolute atomic E-state index is 0.190. The third kappa shape index (κ3) is 2.43. The van der Waals surface area contributed by atoms with Gasteiger partial charge >= 0.3 is 0 Å². The third-order valence-corrected chi connectivity index (χ3v) is 7.78. The molecule has 30 heavy (non-hydrogen) atoms. The van der Waals surface area contributed by atoms with Gasteiger partial charge in [0.25, 0.3) is 0 Å². The molecule has 2 unspecified atom stereocenters. The molecule has 0 amide bonds. The van der Waals surface area contributed by atoms with E-state index in [1.54, 1.807) is 0 Å². The highest BCUT2D eigenvalue weighted by atomic mass is 15.4. The van der Waals surface area contributed by atoms with Crippen LogP contribution < -0.4 is 9.80 Å². The maximum Gasteiger partial charge on any atom is 0.115 e. The molecule has 0 spiro atoms. The fraction of sp³-hybridized carbons (Fsp3) is 0.357. The number of aryl methyl sites for hydroxylation is 1. The fourth-order valence-corrected chi connectivity index (χ4v) is 6.36. The van der Waals surface area contributed by atoms with E-state index in [0.29, 0.717) is 12.1 Å². The normalized spacial score (nSPS) is 21.2. The molecular weight excluding hydrogens is 364 g/mol. The molecule has 0 fully saturated rings. The summed E-state index contributed by atoms with van der Waals surface area (Å²) >= 11 is 0. The van der Waals surface area contributed by atoms with E-state index >= 15 is 0 Å². The van der Waals surface area contributed by atoms with Crippen LogP contribution in [0.2, 0.25) is 0 Å². The maximum atomic E-state index is 2.63. The first kappa shape index (κ1) is 19.2. The van der Waals surface area contributed by atoms with Crippen LogP contribution in [0.5, 0.6) is 0 Å². The van der Waals surface area contributed by atoms with Gasteiger partial charge in [0, 0.05) is 22.7 Å². The smallest absolute Gasteiger partial charge is 0.115 e. The Morgan fingerprint density at radius 2 is 1.17 bits per heavy atom. The van der Waals surface area contributed by atoms with E-state index in [2.05, 4.69) is 110 Å². The van der Waals surface area contributed by atoms with Gasteiger partial charge in [0.1, 0.15) is 6.17 Å². The molecule has 2 heterocycles. The van der Waals surface area contributed by atoms with Crippen molar-refractivity contribution in [3.8, 4) is 0 Å². The Morgan fingerprint density at radius 1 is 0.667 bits per heavy atom. The van der Waals surface area contributed by atoms with Crippen molar-refractivity contribution in [1.82, 2.24) is 0 Å². The molecule has 0 N–H and O–H groups in total. The first-order valence-electron chi connectivity index (χ1n) is 11.5. The topological polar surface area (TPSA) is 6.48 Å². The average Bonchev–Trinajstić information content (AvgIpc) is 3.13. The zero-order chi connectivity index (χ0) is 20.9. The van der Waals surface area contributed by atoms with E-state index in [1.807, 2.05) is 0 Å². The number of para-hydroxylation sites is 4. The van der Waals surface area contributed by atoms with Crippen LogP contribution in [0.25, 0.3) is 0 Å². The lowest BCUT2D eigenvalue weighted by Gasteiger charge is -2.53. The monoisotopic (exact) mass is 396 g/mol. The number of anilines is 4. The van der Waals surface area contributed by atoms with Crippen molar-refractivity contribution < 1.29 is 0 Å². The Morgan fingerprint density at radius 3 is 1.73 bits per heavy atom. The number of rotatable bonds is 4. The first-order chi connectivity index (χ1) is 14.7. The lowest BCUT2D eigenvalue weighted by Crippen LogP contribution is -2.56. The van der Waals surface area contributed by atoms with Gasteiger partial charge in [-0.15, -0.1) is 0 Å². The molecule has 5 rings (SSSR count). The minimum Gasteiger partial charge on any atom is -0.318 e. The van der Waals surface area contributed by atoms with Crippen molar-refractivity contribution in [3.63, 3.8) is 0 Å². The number of nitrogens with zero attached hydrogens (tertiary/aromatic N) is 2. The number of benzene rings is 3. The zero-order valence-corrected chi connectivity index (χ0v) is 18.6. The Bertz CT molecular complexity index is 1070. The van der Waals surface area contributed by atoms with Crippen LogP contribution in [-0.2, 0) is 5.41 Å². The predicted molar refractivity (Wildman–Crippen MR) is 128 cm³/mol. The maximum absolute atomic E-state index is 2.63. The van der Waals surface area contributed by atoms with Gasteiger partial charge in [-0.2, -0.15) is 0 Å². The van der Waals surface area contributed by atoms with Crippen molar-refractivity contribution in [3.05, 3.63) is 83.9 Å². The Hall–Kier alpha value is -2.74. The highest BCUT2D eigenvalue weighted by molar-refractivity contribution is 5.91. The van der Waals surface area contributed by atoms with Crippen LogP contribution in [0.4, 0.5) is 22.7 Å².